The van der Waals surface area contributed by atoms with Crippen molar-refractivity contribution in [2.24, 2.45) is 0 Å². The monoisotopic (exact) mass is 361 g/mol. The van der Waals surface area contributed by atoms with E-state index in [1.54, 1.807) is 31.2 Å². The van der Waals surface area contributed by atoms with E-state index < -0.39 is 11.6 Å². The second-order valence-corrected chi connectivity index (χ2v) is 5.76. The van der Waals surface area contributed by atoms with Crippen molar-refractivity contribution < 1.29 is 18.4 Å². The molecular formula is C19H21F2N3O2. The lowest BCUT2D eigenvalue weighted by Gasteiger charge is -2.14. The SMILES string of the molecule is CCNC(=O)c1cccc(NC(=O)CN[C@H](C)c2ccc(F)c(F)c2)c1. The average molecular weight is 361 g/mol. The molecule has 3 N–H and O–H groups in total. The largest absolute Gasteiger partial charge is 0.352 e. The molecule has 0 aliphatic heterocycles. The smallest absolute Gasteiger partial charge is 0.251 e. The van der Waals surface area contributed by atoms with Gasteiger partial charge in [0.1, 0.15) is 0 Å². The molecule has 2 aromatic rings. The fourth-order valence-corrected chi connectivity index (χ4v) is 2.35. The quantitative estimate of drug-likeness (QED) is 0.710. The van der Waals surface area contributed by atoms with E-state index in [0.717, 1.165) is 12.1 Å². The normalized spacial score (nSPS) is 11.7. The fourth-order valence-electron chi connectivity index (χ4n) is 2.35. The van der Waals surface area contributed by atoms with Crippen molar-refractivity contribution >= 4 is 17.5 Å². The third-order valence-corrected chi connectivity index (χ3v) is 3.76. The fraction of sp³-hybridized carbons (Fsp3) is 0.263. The van der Waals surface area contributed by atoms with Crippen molar-refractivity contribution in [3.05, 3.63) is 65.2 Å². The number of benzene rings is 2. The second-order valence-electron chi connectivity index (χ2n) is 5.76. The molecule has 7 heteroatoms. The summed E-state index contributed by atoms with van der Waals surface area (Å²) in [6.45, 7) is 4.06. The first-order valence-electron chi connectivity index (χ1n) is 8.27. The van der Waals surface area contributed by atoms with Crippen molar-refractivity contribution in [3.63, 3.8) is 0 Å². The number of hydrogen-bond donors (Lipinski definition) is 3. The first-order valence-corrected chi connectivity index (χ1v) is 8.27. The first-order chi connectivity index (χ1) is 12.4. The van der Waals surface area contributed by atoms with Crippen LogP contribution in [0.1, 0.15) is 35.8 Å². The average Bonchev–Trinajstić information content (AvgIpc) is 2.62. The van der Waals surface area contributed by atoms with E-state index in [1.807, 2.05) is 6.92 Å². The zero-order valence-corrected chi connectivity index (χ0v) is 14.6. The lowest BCUT2D eigenvalue weighted by Crippen LogP contribution is -2.30. The van der Waals surface area contributed by atoms with Gasteiger partial charge in [0.2, 0.25) is 5.91 Å². The number of hydrogen-bond acceptors (Lipinski definition) is 3. The molecule has 1 atom stereocenters. The molecule has 0 bridgehead atoms. The van der Waals surface area contributed by atoms with E-state index in [-0.39, 0.29) is 24.4 Å². The van der Waals surface area contributed by atoms with Crippen molar-refractivity contribution in [2.75, 3.05) is 18.4 Å². The van der Waals surface area contributed by atoms with Gasteiger partial charge in [-0.15, -0.1) is 0 Å². The van der Waals surface area contributed by atoms with Gasteiger partial charge in [-0.1, -0.05) is 12.1 Å². The minimum absolute atomic E-state index is 0.0223. The van der Waals surface area contributed by atoms with Crippen LogP contribution in [0.2, 0.25) is 0 Å². The van der Waals surface area contributed by atoms with Crippen LogP contribution < -0.4 is 16.0 Å². The Morgan fingerprint density at radius 1 is 1.08 bits per heavy atom. The minimum Gasteiger partial charge on any atom is -0.352 e. The number of anilines is 1. The van der Waals surface area contributed by atoms with E-state index in [1.165, 1.54) is 6.07 Å². The van der Waals surface area contributed by atoms with Crippen LogP contribution in [0.25, 0.3) is 0 Å². The molecule has 0 aliphatic carbocycles. The van der Waals surface area contributed by atoms with Gasteiger partial charge in [-0.25, -0.2) is 8.78 Å². The summed E-state index contributed by atoms with van der Waals surface area (Å²) in [5.41, 5.74) is 1.49. The van der Waals surface area contributed by atoms with Crippen molar-refractivity contribution in [2.45, 2.75) is 19.9 Å². The highest BCUT2D eigenvalue weighted by molar-refractivity contribution is 5.97. The predicted octanol–water partition coefficient (Wildman–Crippen LogP) is 3.00. The van der Waals surface area contributed by atoms with Crippen LogP contribution in [-0.4, -0.2) is 24.9 Å². The highest BCUT2D eigenvalue weighted by Gasteiger charge is 2.11. The molecule has 0 unspecified atom stereocenters. The number of nitrogens with one attached hydrogen (secondary N) is 3. The Hall–Kier alpha value is -2.80. The highest BCUT2D eigenvalue weighted by Crippen LogP contribution is 2.16. The van der Waals surface area contributed by atoms with Crippen LogP contribution in [0.4, 0.5) is 14.5 Å². The van der Waals surface area contributed by atoms with E-state index in [2.05, 4.69) is 16.0 Å². The molecule has 0 fully saturated rings. The molecule has 2 aromatic carbocycles. The summed E-state index contributed by atoms with van der Waals surface area (Å²) >= 11 is 0. The molecule has 0 radical (unpaired) electrons. The van der Waals surface area contributed by atoms with E-state index >= 15 is 0 Å². The van der Waals surface area contributed by atoms with E-state index in [0.29, 0.717) is 23.4 Å². The van der Waals surface area contributed by atoms with Gasteiger partial charge in [0, 0.05) is 23.8 Å². The Labute approximate surface area is 150 Å². The second kappa shape index (κ2) is 9.05. The maximum absolute atomic E-state index is 13.3. The summed E-state index contributed by atoms with van der Waals surface area (Å²) in [4.78, 5) is 23.9. The molecule has 0 saturated carbocycles. The summed E-state index contributed by atoms with van der Waals surface area (Å²) in [6.07, 6.45) is 0. The third-order valence-electron chi connectivity index (χ3n) is 3.76. The van der Waals surface area contributed by atoms with Gasteiger partial charge in [-0.3, -0.25) is 9.59 Å². The number of halogens is 2. The van der Waals surface area contributed by atoms with Crippen molar-refractivity contribution in [3.8, 4) is 0 Å². The van der Waals surface area contributed by atoms with Gasteiger partial charge in [0.05, 0.1) is 6.54 Å². The number of carbonyl (C=O) groups excluding carboxylic acids is 2. The first kappa shape index (κ1) is 19.5. The van der Waals surface area contributed by atoms with Gasteiger partial charge >= 0.3 is 0 Å². The predicted molar refractivity (Wildman–Crippen MR) is 95.9 cm³/mol. The minimum atomic E-state index is -0.928. The summed E-state index contributed by atoms with van der Waals surface area (Å²) < 4.78 is 26.2. The summed E-state index contributed by atoms with van der Waals surface area (Å²) in [5.74, 6) is -2.37. The molecule has 138 valence electrons. The Morgan fingerprint density at radius 2 is 1.85 bits per heavy atom. The molecule has 5 nitrogen and oxygen atoms in total. The standard InChI is InChI=1S/C19H21F2N3O2/c1-3-22-19(26)14-5-4-6-15(9-14)24-18(25)11-23-12(2)13-7-8-16(20)17(21)10-13/h4-10,12,23H,3,11H2,1-2H3,(H,22,26)(H,24,25)/t12-/m1/s1. The van der Waals surface area contributed by atoms with Gasteiger partial charge in [-0.2, -0.15) is 0 Å². The maximum Gasteiger partial charge on any atom is 0.251 e. The molecule has 2 amide bonds. The van der Waals surface area contributed by atoms with Crippen LogP contribution in [-0.2, 0) is 4.79 Å². The van der Waals surface area contributed by atoms with E-state index in [4.69, 9.17) is 0 Å². The van der Waals surface area contributed by atoms with Crippen LogP contribution in [0.5, 0.6) is 0 Å². The van der Waals surface area contributed by atoms with Gasteiger partial charge in [-0.05, 0) is 49.7 Å². The number of amides is 2. The van der Waals surface area contributed by atoms with Crippen LogP contribution >= 0.6 is 0 Å². The van der Waals surface area contributed by atoms with Gasteiger partial charge in [0.15, 0.2) is 11.6 Å². The third kappa shape index (κ3) is 5.35. The van der Waals surface area contributed by atoms with Crippen LogP contribution in [0.15, 0.2) is 42.5 Å². The van der Waals surface area contributed by atoms with E-state index in [9.17, 15) is 18.4 Å². The zero-order valence-electron chi connectivity index (χ0n) is 14.6. The molecule has 0 aliphatic rings. The molecule has 0 aromatic heterocycles. The lowest BCUT2D eigenvalue weighted by molar-refractivity contribution is -0.115. The summed E-state index contributed by atoms with van der Waals surface area (Å²) in [5, 5.41) is 8.32. The molecule has 2 rings (SSSR count). The molecular weight excluding hydrogens is 340 g/mol. The molecule has 26 heavy (non-hydrogen) atoms. The Kier molecular flexibility index (Phi) is 6.80. The van der Waals surface area contributed by atoms with Gasteiger partial charge in [0.25, 0.3) is 5.91 Å². The summed E-state index contributed by atoms with van der Waals surface area (Å²) in [6, 6.07) is 9.88. The molecule has 0 heterocycles. The zero-order chi connectivity index (χ0) is 19.1. The lowest BCUT2D eigenvalue weighted by atomic mass is 10.1. The van der Waals surface area contributed by atoms with Gasteiger partial charge < -0.3 is 16.0 Å². The highest BCUT2D eigenvalue weighted by atomic mass is 19.2. The van der Waals surface area contributed by atoms with Crippen LogP contribution in [0.3, 0.4) is 0 Å². The Balaban J connectivity index is 1.91. The Bertz CT molecular complexity index is 796. The Morgan fingerprint density at radius 3 is 2.54 bits per heavy atom. The number of carbonyl (C=O) groups is 2. The maximum atomic E-state index is 13.3. The van der Waals surface area contributed by atoms with Crippen molar-refractivity contribution in [1.29, 1.82) is 0 Å². The molecule has 0 saturated heterocycles. The topological polar surface area (TPSA) is 70.2 Å². The van der Waals surface area contributed by atoms with Crippen LogP contribution in [0, 0.1) is 11.6 Å². The number of rotatable bonds is 7. The van der Waals surface area contributed by atoms with Crippen molar-refractivity contribution in [1.82, 2.24) is 10.6 Å². The molecule has 0 spiro atoms. The summed E-state index contributed by atoms with van der Waals surface area (Å²) in [7, 11) is 0.